The van der Waals surface area contributed by atoms with Crippen molar-refractivity contribution < 1.29 is 22.7 Å². The van der Waals surface area contributed by atoms with Gasteiger partial charge < -0.3 is 10.4 Å². The summed E-state index contributed by atoms with van der Waals surface area (Å²) in [6.45, 7) is 5.16. The Morgan fingerprint density at radius 1 is 1.26 bits per heavy atom. The Balaban J connectivity index is 3.08. The first-order chi connectivity index (χ1) is 8.54. The number of rotatable bonds is 4. The molecule has 0 aliphatic carbocycles. The number of benzene rings is 1. The van der Waals surface area contributed by atoms with E-state index in [0.717, 1.165) is 12.1 Å². The summed E-state index contributed by atoms with van der Waals surface area (Å²) in [6, 6.07) is 2.61. The predicted octanol–water partition coefficient (Wildman–Crippen LogP) is 3.05. The summed E-state index contributed by atoms with van der Waals surface area (Å²) in [4.78, 5) is 0. The molecule has 6 heteroatoms. The molecule has 1 unspecified atom stereocenters. The van der Waals surface area contributed by atoms with Gasteiger partial charge in [-0.1, -0.05) is 19.9 Å². The summed E-state index contributed by atoms with van der Waals surface area (Å²) in [6.07, 6.45) is -4.78. The van der Waals surface area contributed by atoms with Gasteiger partial charge in [-0.2, -0.15) is 13.2 Å². The van der Waals surface area contributed by atoms with Crippen LogP contribution < -0.4 is 5.32 Å². The highest BCUT2D eigenvalue weighted by Crippen LogP contribution is 2.34. The number of aliphatic hydroxyl groups is 1. The zero-order valence-electron chi connectivity index (χ0n) is 11.0. The fourth-order valence-electron chi connectivity index (χ4n) is 1.58. The van der Waals surface area contributed by atoms with Gasteiger partial charge in [0.05, 0.1) is 11.2 Å². The largest absolute Gasteiger partial charge is 0.419 e. The van der Waals surface area contributed by atoms with Crippen LogP contribution in [-0.2, 0) is 11.8 Å². The fourth-order valence-corrected chi connectivity index (χ4v) is 1.58. The van der Waals surface area contributed by atoms with Gasteiger partial charge in [0.25, 0.3) is 0 Å². The summed E-state index contributed by atoms with van der Waals surface area (Å²) in [7, 11) is 0. The van der Waals surface area contributed by atoms with E-state index in [1.54, 1.807) is 0 Å². The van der Waals surface area contributed by atoms with Gasteiger partial charge in [0, 0.05) is 12.6 Å². The molecule has 19 heavy (non-hydrogen) atoms. The van der Waals surface area contributed by atoms with Crippen molar-refractivity contribution in [2.75, 3.05) is 6.54 Å². The van der Waals surface area contributed by atoms with E-state index in [-0.39, 0.29) is 18.2 Å². The van der Waals surface area contributed by atoms with Crippen LogP contribution in [0.25, 0.3) is 0 Å². The molecule has 0 saturated carbocycles. The predicted molar refractivity (Wildman–Crippen MR) is 64.1 cm³/mol. The number of hydrogen-bond acceptors (Lipinski definition) is 2. The maximum atomic E-state index is 13.2. The van der Waals surface area contributed by atoms with Gasteiger partial charge in [0.1, 0.15) is 5.82 Å². The Labute approximate surface area is 109 Å². The average molecular weight is 279 g/mol. The van der Waals surface area contributed by atoms with Gasteiger partial charge in [-0.3, -0.25) is 0 Å². The van der Waals surface area contributed by atoms with Crippen LogP contribution >= 0.6 is 0 Å². The maximum absolute atomic E-state index is 13.2. The van der Waals surface area contributed by atoms with Crippen LogP contribution in [-0.4, -0.2) is 17.7 Å². The van der Waals surface area contributed by atoms with Gasteiger partial charge in [0.2, 0.25) is 0 Å². The van der Waals surface area contributed by atoms with Crippen LogP contribution in [0.4, 0.5) is 17.6 Å². The first kappa shape index (κ1) is 15.9. The maximum Gasteiger partial charge on any atom is 0.419 e. The van der Waals surface area contributed by atoms with Crippen molar-refractivity contribution in [3.63, 3.8) is 0 Å². The molecular weight excluding hydrogens is 262 g/mol. The van der Waals surface area contributed by atoms with Crippen molar-refractivity contribution >= 4 is 0 Å². The zero-order chi connectivity index (χ0) is 14.8. The zero-order valence-corrected chi connectivity index (χ0v) is 11.0. The highest BCUT2D eigenvalue weighted by molar-refractivity contribution is 5.31. The summed E-state index contributed by atoms with van der Waals surface area (Å²) in [5, 5.41) is 13.1. The first-order valence-corrected chi connectivity index (χ1v) is 5.87. The SMILES string of the molecule is CC(C)NCC(C)(O)c1ccc(F)c(C(F)(F)F)c1. The number of nitrogens with one attached hydrogen (secondary N) is 1. The van der Waals surface area contributed by atoms with Gasteiger partial charge in [-0.05, 0) is 24.6 Å². The van der Waals surface area contributed by atoms with Crippen molar-refractivity contribution in [2.45, 2.75) is 38.6 Å². The molecule has 1 rings (SSSR count). The third-order valence-corrected chi connectivity index (χ3v) is 2.75. The van der Waals surface area contributed by atoms with Crippen LogP contribution in [0.5, 0.6) is 0 Å². The molecule has 1 atom stereocenters. The lowest BCUT2D eigenvalue weighted by Crippen LogP contribution is -2.38. The molecule has 108 valence electrons. The summed E-state index contributed by atoms with van der Waals surface area (Å²) >= 11 is 0. The quantitative estimate of drug-likeness (QED) is 0.830. The third kappa shape index (κ3) is 4.18. The molecule has 0 aliphatic heterocycles. The molecule has 0 heterocycles. The molecule has 0 spiro atoms. The molecule has 2 N–H and O–H groups in total. The Hall–Kier alpha value is -1.14. The van der Waals surface area contributed by atoms with E-state index in [1.807, 2.05) is 13.8 Å². The van der Waals surface area contributed by atoms with Gasteiger partial charge in [0.15, 0.2) is 0 Å². The summed E-state index contributed by atoms with van der Waals surface area (Å²) in [5.74, 6) is -1.34. The van der Waals surface area contributed by atoms with Crippen LogP contribution in [0, 0.1) is 5.82 Å². The second kappa shape index (κ2) is 5.46. The van der Waals surface area contributed by atoms with Gasteiger partial charge in [-0.25, -0.2) is 4.39 Å². The molecule has 0 aromatic heterocycles. The first-order valence-electron chi connectivity index (χ1n) is 5.87. The molecule has 0 fully saturated rings. The Bertz CT molecular complexity index is 441. The van der Waals surface area contributed by atoms with E-state index in [2.05, 4.69) is 5.32 Å². The molecule has 0 saturated heterocycles. The fraction of sp³-hybridized carbons (Fsp3) is 0.538. The Morgan fingerprint density at radius 2 is 1.84 bits per heavy atom. The van der Waals surface area contributed by atoms with Crippen molar-refractivity contribution in [3.8, 4) is 0 Å². The summed E-state index contributed by atoms with van der Waals surface area (Å²) < 4.78 is 50.9. The highest BCUT2D eigenvalue weighted by atomic mass is 19.4. The highest BCUT2D eigenvalue weighted by Gasteiger charge is 2.36. The Kier molecular flexibility index (Phi) is 4.58. The lowest BCUT2D eigenvalue weighted by molar-refractivity contribution is -0.140. The minimum absolute atomic E-state index is 0.0226. The second-order valence-electron chi connectivity index (χ2n) is 5.00. The van der Waals surface area contributed by atoms with Crippen LogP contribution in [0.15, 0.2) is 18.2 Å². The van der Waals surface area contributed by atoms with E-state index in [9.17, 15) is 22.7 Å². The number of alkyl halides is 3. The second-order valence-corrected chi connectivity index (χ2v) is 5.00. The van der Waals surface area contributed by atoms with Crippen molar-refractivity contribution in [2.24, 2.45) is 0 Å². The molecular formula is C13H17F4NO. The molecule has 0 bridgehead atoms. The topological polar surface area (TPSA) is 32.3 Å². The van der Waals surface area contributed by atoms with Gasteiger partial charge in [-0.15, -0.1) is 0 Å². The molecule has 0 aliphatic rings. The lowest BCUT2D eigenvalue weighted by Gasteiger charge is -2.26. The summed E-state index contributed by atoms with van der Waals surface area (Å²) in [5.41, 5.74) is -2.85. The lowest BCUT2D eigenvalue weighted by atomic mass is 9.93. The average Bonchev–Trinajstić information content (AvgIpc) is 2.25. The Morgan fingerprint density at radius 3 is 2.32 bits per heavy atom. The van der Waals surface area contributed by atoms with Crippen LogP contribution in [0.2, 0.25) is 0 Å². The van der Waals surface area contributed by atoms with Crippen molar-refractivity contribution in [3.05, 3.63) is 35.1 Å². The third-order valence-electron chi connectivity index (χ3n) is 2.75. The van der Waals surface area contributed by atoms with Crippen molar-refractivity contribution in [1.82, 2.24) is 5.32 Å². The van der Waals surface area contributed by atoms with Gasteiger partial charge >= 0.3 is 6.18 Å². The van der Waals surface area contributed by atoms with Crippen LogP contribution in [0.3, 0.4) is 0 Å². The number of hydrogen-bond donors (Lipinski definition) is 2. The number of halogens is 4. The molecule has 1 aromatic rings. The standard InChI is InChI=1S/C13H17F4NO/c1-8(2)18-7-12(3,19)9-4-5-11(14)10(6-9)13(15,16)17/h4-6,8,18-19H,7H2,1-3H3. The molecule has 0 amide bonds. The van der Waals surface area contributed by atoms with Crippen LogP contribution in [0.1, 0.15) is 31.9 Å². The van der Waals surface area contributed by atoms with Crippen molar-refractivity contribution in [1.29, 1.82) is 0 Å². The normalized spacial score (nSPS) is 15.6. The van der Waals surface area contributed by atoms with E-state index >= 15 is 0 Å². The minimum atomic E-state index is -4.78. The van der Waals surface area contributed by atoms with E-state index < -0.39 is 23.2 Å². The molecule has 1 aromatic carbocycles. The molecule has 2 nitrogen and oxygen atoms in total. The van der Waals surface area contributed by atoms with E-state index in [1.165, 1.54) is 6.92 Å². The smallest absolute Gasteiger partial charge is 0.384 e. The monoisotopic (exact) mass is 279 g/mol. The van der Waals surface area contributed by atoms with E-state index in [0.29, 0.717) is 6.07 Å². The minimum Gasteiger partial charge on any atom is -0.384 e. The molecule has 0 radical (unpaired) electrons. The van der Waals surface area contributed by atoms with E-state index in [4.69, 9.17) is 0 Å².